The van der Waals surface area contributed by atoms with Crippen LogP contribution in [0.25, 0.3) is 0 Å². The minimum absolute atomic E-state index is 0.161. The summed E-state index contributed by atoms with van der Waals surface area (Å²) in [5.74, 6) is -1.50. The van der Waals surface area contributed by atoms with Crippen molar-refractivity contribution in [2.75, 3.05) is 7.11 Å². The largest absolute Gasteiger partial charge is 0.465 e. The second-order valence-corrected chi connectivity index (χ2v) is 3.29. The number of nitrogens with zero attached hydrogens (tertiary/aromatic N) is 1. The molecule has 0 spiro atoms. The third-order valence-corrected chi connectivity index (χ3v) is 2.47. The molecule has 0 aliphatic carbocycles. The van der Waals surface area contributed by atoms with Gasteiger partial charge in [-0.1, -0.05) is 15.9 Å². The molecule has 0 aliphatic rings. The molecule has 1 aromatic rings. The van der Waals surface area contributed by atoms with Crippen LogP contribution in [0.1, 0.15) is 21.5 Å². The Balaban J connectivity index is 3.33. The molecule has 0 heterocycles. The molecule has 0 fully saturated rings. The zero-order valence-corrected chi connectivity index (χ0v) is 9.47. The number of alkyl halides is 1. The lowest BCUT2D eigenvalue weighted by Gasteiger charge is -2.05. The van der Waals surface area contributed by atoms with E-state index in [1.165, 1.54) is 13.2 Å². The van der Waals surface area contributed by atoms with E-state index < -0.39 is 11.8 Å². The smallest absolute Gasteiger partial charge is 0.340 e. The molecule has 3 nitrogen and oxygen atoms in total. The number of hydrogen-bond donors (Lipinski definition) is 0. The molecule has 0 saturated carbocycles. The number of esters is 1. The van der Waals surface area contributed by atoms with Gasteiger partial charge in [0.2, 0.25) is 0 Å². The third kappa shape index (κ3) is 2.34. The number of rotatable bonds is 2. The fourth-order valence-corrected chi connectivity index (χ4v) is 1.56. The summed E-state index contributed by atoms with van der Waals surface area (Å²) >= 11 is 3.15. The first kappa shape index (κ1) is 11.7. The SMILES string of the molecule is COC(=O)c1cc(CBr)c(C#N)cc1F. The topological polar surface area (TPSA) is 50.1 Å². The first-order valence-corrected chi connectivity index (χ1v) is 5.13. The van der Waals surface area contributed by atoms with Crippen molar-refractivity contribution in [3.8, 4) is 6.07 Å². The summed E-state index contributed by atoms with van der Waals surface area (Å²) in [5.41, 5.74) is 0.599. The lowest BCUT2D eigenvalue weighted by atomic mass is 10.1. The summed E-state index contributed by atoms with van der Waals surface area (Å²) in [6.45, 7) is 0. The van der Waals surface area contributed by atoms with Gasteiger partial charge in [0, 0.05) is 5.33 Å². The molecule has 15 heavy (non-hydrogen) atoms. The maximum absolute atomic E-state index is 13.3. The van der Waals surface area contributed by atoms with Crippen LogP contribution in [-0.2, 0) is 10.1 Å². The zero-order valence-electron chi connectivity index (χ0n) is 7.88. The van der Waals surface area contributed by atoms with E-state index in [0.29, 0.717) is 10.9 Å². The Bertz CT molecular complexity index is 440. The molecule has 0 aromatic heterocycles. The molecule has 1 rings (SSSR count). The third-order valence-electron chi connectivity index (χ3n) is 1.86. The van der Waals surface area contributed by atoms with Crippen LogP contribution in [0.3, 0.4) is 0 Å². The van der Waals surface area contributed by atoms with Gasteiger partial charge in [0.25, 0.3) is 0 Å². The number of ether oxygens (including phenoxy) is 1. The zero-order chi connectivity index (χ0) is 11.4. The summed E-state index contributed by atoms with van der Waals surface area (Å²) in [5, 5.41) is 9.08. The Hall–Kier alpha value is -1.41. The standard InChI is InChI=1S/C10H7BrFNO2/c1-15-10(14)8-2-6(4-11)7(5-13)3-9(8)12/h2-3H,4H2,1H3. The van der Waals surface area contributed by atoms with Crippen LogP contribution < -0.4 is 0 Å². The monoisotopic (exact) mass is 271 g/mol. The molecule has 0 bridgehead atoms. The highest BCUT2D eigenvalue weighted by atomic mass is 79.9. The Labute approximate surface area is 94.6 Å². The number of methoxy groups -OCH3 is 1. The van der Waals surface area contributed by atoms with E-state index in [0.717, 1.165) is 6.07 Å². The quantitative estimate of drug-likeness (QED) is 0.613. The summed E-state index contributed by atoms with van der Waals surface area (Å²) in [6, 6.07) is 4.19. The normalized spacial score (nSPS) is 9.47. The van der Waals surface area contributed by atoms with Crippen molar-refractivity contribution in [3.63, 3.8) is 0 Å². The van der Waals surface area contributed by atoms with Crippen molar-refractivity contribution in [1.82, 2.24) is 0 Å². The fraction of sp³-hybridized carbons (Fsp3) is 0.200. The molecule has 0 unspecified atom stereocenters. The Morgan fingerprint density at radius 2 is 2.33 bits per heavy atom. The number of nitriles is 1. The Kier molecular flexibility index (Phi) is 3.81. The van der Waals surface area contributed by atoms with Crippen molar-refractivity contribution in [3.05, 3.63) is 34.6 Å². The van der Waals surface area contributed by atoms with Crippen molar-refractivity contribution in [1.29, 1.82) is 5.26 Å². The van der Waals surface area contributed by atoms with Gasteiger partial charge in [0.1, 0.15) is 5.82 Å². The van der Waals surface area contributed by atoms with Crippen molar-refractivity contribution >= 4 is 21.9 Å². The summed E-state index contributed by atoms with van der Waals surface area (Å²) in [4.78, 5) is 11.1. The van der Waals surface area contributed by atoms with Gasteiger partial charge in [-0.25, -0.2) is 9.18 Å². The molecular weight excluding hydrogens is 265 g/mol. The molecular formula is C10H7BrFNO2. The van der Waals surface area contributed by atoms with Gasteiger partial charge in [-0.15, -0.1) is 0 Å². The van der Waals surface area contributed by atoms with Gasteiger partial charge in [0.15, 0.2) is 0 Å². The summed E-state index contributed by atoms with van der Waals surface area (Å²) in [6.07, 6.45) is 0. The van der Waals surface area contributed by atoms with Crippen LogP contribution in [0, 0.1) is 17.1 Å². The first-order valence-electron chi connectivity index (χ1n) is 4.00. The lowest BCUT2D eigenvalue weighted by molar-refractivity contribution is 0.0595. The van der Waals surface area contributed by atoms with Gasteiger partial charge in [-0.3, -0.25) is 0 Å². The number of carbonyl (C=O) groups is 1. The van der Waals surface area contributed by atoms with Crippen LogP contribution in [0.4, 0.5) is 4.39 Å². The second-order valence-electron chi connectivity index (χ2n) is 2.73. The molecule has 0 amide bonds. The number of benzene rings is 1. The predicted octanol–water partition coefficient (Wildman–Crippen LogP) is 2.38. The van der Waals surface area contributed by atoms with E-state index >= 15 is 0 Å². The molecule has 0 radical (unpaired) electrons. The van der Waals surface area contributed by atoms with E-state index in [4.69, 9.17) is 5.26 Å². The number of carbonyl (C=O) groups excluding carboxylic acids is 1. The van der Waals surface area contributed by atoms with Gasteiger partial charge in [0.05, 0.1) is 24.3 Å². The first-order chi connectivity index (χ1) is 7.13. The highest BCUT2D eigenvalue weighted by Gasteiger charge is 2.15. The fourth-order valence-electron chi connectivity index (χ4n) is 1.10. The molecule has 5 heteroatoms. The Morgan fingerprint density at radius 3 is 2.80 bits per heavy atom. The van der Waals surface area contributed by atoms with Crippen LogP contribution in [0.15, 0.2) is 12.1 Å². The summed E-state index contributed by atoms with van der Waals surface area (Å²) < 4.78 is 17.7. The number of hydrogen-bond acceptors (Lipinski definition) is 3. The average Bonchev–Trinajstić information content (AvgIpc) is 2.27. The van der Waals surface area contributed by atoms with Gasteiger partial charge in [-0.05, 0) is 17.7 Å². The predicted molar refractivity (Wildman–Crippen MR) is 55.1 cm³/mol. The van der Waals surface area contributed by atoms with Crippen molar-refractivity contribution < 1.29 is 13.9 Å². The van der Waals surface area contributed by atoms with E-state index in [1.807, 2.05) is 6.07 Å². The minimum atomic E-state index is -0.751. The maximum atomic E-state index is 13.3. The van der Waals surface area contributed by atoms with Crippen LogP contribution in [0.5, 0.6) is 0 Å². The minimum Gasteiger partial charge on any atom is -0.465 e. The van der Waals surface area contributed by atoms with Crippen LogP contribution in [0.2, 0.25) is 0 Å². The maximum Gasteiger partial charge on any atom is 0.340 e. The van der Waals surface area contributed by atoms with E-state index in [-0.39, 0.29) is 11.1 Å². The van der Waals surface area contributed by atoms with Crippen LogP contribution >= 0.6 is 15.9 Å². The summed E-state index contributed by atoms with van der Waals surface area (Å²) in [7, 11) is 1.17. The van der Waals surface area contributed by atoms with E-state index in [2.05, 4.69) is 20.7 Å². The highest BCUT2D eigenvalue weighted by molar-refractivity contribution is 9.08. The molecule has 1 aromatic carbocycles. The van der Waals surface area contributed by atoms with E-state index in [1.54, 1.807) is 0 Å². The highest BCUT2D eigenvalue weighted by Crippen LogP contribution is 2.18. The van der Waals surface area contributed by atoms with Gasteiger partial charge >= 0.3 is 5.97 Å². The van der Waals surface area contributed by atoms with E-state index in [9.17, 15) is 9.18 Å². The molecule has 0 N–H and O–H groups in total. The Morgan fingerprint density at radius 1 is 1.67 bits per heavy atom. The lowest BCUT2D eigenvalue weighted by Crippen LogP contribution is -2.06. The number of halogens is 2. The molecule has 0 saturated heterocycles. The molecule has 0 atom stereocenters. The second kappa shape index (κ2) is 4.89. The van der Waals surface area contributed by atoms with Crippen molar-refractivity contribution in [2.45, 2.75) is 5.33 Å². The van der Waals surface area contributed by atoms with Crippen molar-refractivity contribution in [2.24, 2.45) is 0 Å². The van der Waals surface area contributed by atoms with Gasteiger partial charge < -0.3 is 4.74 Å². The van der Waals surface area contributed by atoms with Crippen LogP contribution in [-0.4, -0.2) is 13.1 Å². The van der Waals surface area contributed by atoms with Gasteiger partial charge in [-0.2, -0.15) is 5.26 Å². The molecule has 0 aliphatic heterocycles. The average molecular weight is 272 g/mol. The molecule has 78 valence electrons.